The Morgan fingerprint density at radius 3 is 2.32 bits per heavy atom. The van der Waals surface area contributed by atoms with Gasteiger partial charge >= 0.3 is 5.97 Å². The largest absolute Gasteiger partial charge is 0.465 e. The lowest BCUT2D eigenvalue weighted by atomic mass is 10.1. The fourth-order valence-corrected chi connectivity index (χ4v) is 4.37. The summed E-state index contributed by atoms with van der Waals surface area (Å²) in [7, 11) is -0.899. The predicted molar refractivity (Wildman–Crippen MR) is 129 cm³/mol. The second kappa shape index (κ2) is 10.3. The summed E-state index contributed by atoms with van der Waals surface area (Å²) >= 11 is 5.39. The van der Waals surface area contributed by atoms with Crippen LogP contribution in [0.1, 0.15) is 22.3 Å². The summed E-state index contributed by atoms with van der Waals surface area (Å²) in [6, 6.07) is 11.3. The monoisotopic (exact) mass is 504 g/mol. The number of carbonyl (C=O) groups excluding carboxylic acids is 3. The lowest BCUT2D eigenvalue weighted by Gasteiger charge is -2.29. The van der Waals surface area contributed by atoms with Crippen LogP contribution in [0.3, 0.4) is 0 Å². The van der Waals surface area contributed by atoms with Crippen LogP contribution in [0.15, 0.2) is 53.4 Å². The Kier molecular flexibility index (Phi) is 7.64. The first-order valence-electron chi connectivity index (χ1n) is 10.2. The SMILES string of the molecule is CNC(=S)N(CCc1ccc(S(N)(=O)=O)cc1)[C@@H]1CC(=O)N(c2ccc(C(=O)OC)cc2)C1=O. The Morgan fingerprint density at radius 1 is 1.18 bits per heavy atom. The number of esters is 1. The number of primary sulfonamides is 1. The third kappa shape index (κ3) is 5.41. The van der Waals surface area contributed by atoms with E-state index in [4.69, 9.17) is 17.4 Å². The fraction of sp³-hybridized carbons (Fsp3) is 0.273. The highest BCUT2D eigenvalue weighted by Gasteiger charge is 2.43. The molecule has 0 bridgehead atoms. The number of methoxy groups -OCH3 is 1. The second-order valence-electron chi connectivity index (χ2n) is 7.51. The quantitative estimate of drug-likeness (QED) is 0.318. The van der Waals surface area contributed by atoms with Crippen LogP contribution in [0.4, 0.5) is 5.69 Å². The van der Waals surface area contributed by atoms with Crippen LogP contribution >= 0.6 is 12.2 Å². The Hall–Kier alpha value is -3.35. The summed E-state index contributed by atoms with van der Waals surface area (Å²) in [6.07, 6.45) is 0.377. The molecule has 34 heavy (non-hydrogen) atoms. The van der Waals surface area contributed by atoms with E-state index >= 15 is 0 Å². The van der Waals surface area contributed by atoms with Gasteiger partial charge in [0.1, 0.15) is 6.04 Å². The maximum absolute atomic E-state index is 13.2. The molecule has 12 heteroatoms. The number of thiocarbonyl (C=S) groups is 1. The van der Waals surface area contributed by atoms with E-state index in [-0.39, 0.29) is 17.2 Å². The van der Waals surface area contributed by atoms with Gasteiger partial charge in [0.2, 0.25) is 15.9 Å². The minimum atomic E-state index is -3.79. The molecule has 2 amide bonds. The van der Waals surface area contributed by atoms with Crippen LogP contribution in [0.25, 0.3) is 0 Å². The molecule has 2 aromatic carbocycles. The number of rotatable bonds is 7. The molecule has 180 valence electrons. The van der Waals surface area contributed by atoms with Crippen molar-refractivity contribution >= 4 is 50.8 Å². The molecule has 10 nitrogen and oxygen atoms in total. The van der Waals surface area contributed by atoms with Crippen molar-refractivity contribution < 1.29 is 27.5 Å². The van der Waals surface area contributed by atoms with Gasteiger partial charge in [-0.1, -0.05) is 12.1 Å². The van der Waals surface area contributed by atoms with Gasteiger partial charge in [-0.3, -0.25) is 9.59 Å². The van der Waals surface area contributed by atoms with Crippen molar-refractivity contribution in [3.8, 4) is 0 Å². The summed E-state index contributed by atoms with van der Waals surface area (Å²) in [5, 5.41) is 8.28. The molecule has 1 aliphatic heterocycles. The van der Waals surface area contributed by atoms with Crippen LogP contribution in [-0.2, 0) is 30.8 Å². The van der Waals surface area contributed by atoms with Gasteiger partial charge in [0, 0.05) is 13.6 Å². The number of nitrogens with zero attached hydrogens (tertiary/aromatic N) is 2. The molecule has 1 aliphatic rings. The Bertz CT molecular complexity index is 1210. The summed E-state index contributed by atoms with van der Waals surface area (Å²) < 4.78 is 27.6. The third-order valence-corrected chi connectivity index (χ3v) is 6.78. The van der Waals surface area contributed by atoms with Crippen molar-refractivity contribution in [2.75, 3.05) is 25.6 Å². The zero-order valence-electron chi connectivity index (χ0n) is 18.6. The summed E-state index contributed by atoms with van der Waals surface area (Å²) in [5.41, 5.74) is 1.45. The molecule has 1 fully saturated rings. The Labute approximate surface area is 202 Å². The van der Waals surface area contributed by atoms with Gasteiger partial charge in [-0.15, -0.1) is 0 Å². The highest BCUT2D eigenvalue weighted by Crippen LogP contribution is 2.26. The number of hydrogen-bond acceptors (Lipinski definition) is 7. The average Bonchev–Trinajstić information content (AvgIpc) is 3.11. The number of sulfonamides is 1. The van der Waals surface area contributed by atoms with Gasteiger partial charge in [-0.05, 0) is 60.6 Å². The van der Waals surface area contributed by atoms with Gasteiger partial charge in [0.15, 0.2) is 5.11 Å². The van der Waals surface area contributed by atoms with E-state index in [2.05, 4.69) is 10.1 Å². The molecule has 2 aromatic rings. The normalized spacial score (nSPS) is 15.9. The van der Waals surface area contributed by atoms with Crippen LogP contribution in [0.5, 0.6) is 0 Å². The molecule has 0 unspecified atom stereocenters. The number of carbonyl (C=O) groups is 3. The summed E-state index contributed by atoms with van der Waals surface area (Å²) in [6.45, 7) is 0.313. The lowest BCUT2D eigenvalue weighted by molar-refractivity contribution is -0.122. The van der Waals surface area contributed by atoms with E-state index in [1.165, 1.54) is 43.5 Å². The summed E-state index contributed by atoms with van der Waals surface area (Å²) in [4.78, 5) is 40.3. The van der Waals surface area contributed by atoms with Crippen LogP contribution < -0.4 is 15.4 Å². The number of ether oxygens (including phenoxy) is 1. The lowest BCUT2D eigenvalue weighted by Crippen LogP contribution is -2.49. The highest BCUT2D eigenvalue weighted by molar-refractivity contribution is 7.89. The van der Waals surface area contributed by atoms with Gasteiger partial charge in [0.25, 0.3) is 5.91 Å². The topological polar surface area (TPSA) is 139 Å². The molecule has 0 radical (unpaired) electrons. The molecule has 0 saturated carbocycles. The van der Waals surface area contributed by atoms with E-state index in [1.807, 2.05) is 0 Å². The van der Waals surface area contributed by atoms with Crippen molar-refractivity contribution in [3.63, 3.8) is 0 Å². The molecule has 3 N–H and O–H groups in total. The molecular formula is C22H24N4O6S2. The highest BCUT2D eigenvalue weighted by atomic mass is 32.2. The van der Waals surface area contributed by atoms with E-state index in [0.29, 0.717) is 29.3 Å². The van der Waals surface area contributed by atoms with Crippen LogP contribution in [0, 0.1) is 0 Å². The van der Waals surface area contributed by atoms with E-state index in [1.54, 1.807) is 24.1 Å². The van der Waals surface area contributed by atoms with Crippen molar-refractivity contribution in [2.45, 2.75) is 23.8 Å². The third-order valence-electron chi connectivity index (χ3n) is 5.41. The van der Waals surface area contributed by atoms with Gasteiger partial charge < -0.3 is 15.0 Å². The van der Waals surface area contributed by atoms with Crippen molar-refractivity contribution in [3.05, 3.63) is 59.7 Å². The average molecular weight is 505 g/mol. The molecule has 1 heterocycles. The Balaban J connectivity index is 1.78. The maximum atomic E-state index is 13.2. The van der Waals surface area contributed by atoms with Crippen LogP contribution in [-0.4, -0.2) is 63.0 Å². The summed E-state index contributed by atoms with van der Waals surface area (Å²) in [5.74, 6) is -1.34. The zero-order valence-corrected chi connectivity index (χ0v) is 20.2. The number of imide groups is 1. The minimum absolute atomic E-state index is 0.00396. The van der Waals surface area contributed by atoms with E-state index in [0.717, 1.165) is 10.5 Å². The van der Waals surface area contributed by atoms with Crippen molar-refractivity contribution in [1.29, 1.82) is 0 Å². The molecule has 0 spiro atoms. The number of anilines is 1. The first kappa shape index (κ1) is 25.3. The van der Waals surface area contributed by atoms with Crippen LogP contribution in [0.2, 0.25) is 0 Å². The number of nitrogens with one attached hydrogen (secondary N) is 1. The molecule has 0 aliphatic carbocycles. The second-order valence-corrected chi connectivity index (χ2v) is 9.46. The molecular weight excluding hydrogens is 480 g/mol. The van der Waals surface area contributed by atoms with Crippen molar-refractivity contribution in [1.82, 2.24) is 10.2 Å². The standard InChI is InChI=1S/C22H24N4O6S2/c1-24-22(33)25(12-11-14-3-9-17(10-4-14)34(23,30)31)18-13-19(27)26(20(18)28)16-7-5-15(6-8-16)21(29)32-2/h3-10,18H,11-13H2,1-2H3,(H,24,33)(H2,23,30,31)/t18-/m1/s1. The first-order valence-corrected chi connectivity index (χ1v) is 12.2. The predicted octanol–water partition coefficient (Wildman–Crippen LogP) is 0.802. The fourth-order valence-electron chi connectivity index (χ4n) is 3.63. The molecule has 3 rings (SSSR count). The number of amides is 2. The van der Waals surface area contributed by atoms with E-state index < -0.39 is 27.9 Å². The minimum Gasteiger partial charge on any atom is -0.465 e. The maximum Gasteiger partial charge on any atom is 0.337 e. The van der Waals surface area contributed by atoms with Crippen molar-refractivity contribution in [2.24, 2.45) is 5.14 Å². The Morgan fingerprint density at radius 2 is 1.79 bits per heavy atom. The molecule has 0 aromatic heterocycles. The number of hydrogen-bond donors (Lipinski definition) is 2. The number of benzene rings is 2. The zero-order chi connectivity index (χ0) is 25.0. The molecule has 1 atom stereocenters. The van der Waals surface area contributed by atoms with Gasteiger partial charge in [-0.2, -0.15) is 0 Å². The van der Waals surface area contributed by atoms with E-state index in [9.17, 15) is 22.8 Å². The smallest absolute Gasteiger partial charge is 0.337 e. The number of nitrogens with two attached hydrogens (primary N) is 1. The van der Waals surface area contributed by atoms with Gasteiger partial charge in [0.05, 0.1) is 29.7 Å². The first-order chi connectivity index (χ1) is 16.1. The molecule has 1 saturated heterocycles. The van der Waals surface area contributed by atoms with Gasteiger partial charge in [-0.25, -0.2) is 23.3 Å².